The number of carbonyl (C=O) groups excluding carboxylic acids is 1. The Kier molecular flexibility index (Phi) is 6.95. The minimum Gasteiger partial charge on any atom is -0.507 e. The summed E-state index contributed by atoms with van der Waals surface area (Å²) in [5, 5.41) is 26.6. The highest BCUT2D eigenvalue weighted by Gasteiger charge is 2.21. The number of amides is 1. The molecule has 4 N–H and O–H groups in total. The molecular weight excluding hydrogens is 482 g/mol. The van der Waals surface area contributed by atoms with Gasteiger partial charge in [-0.25, -0.2) is 0 Å². The van der Waals surface area contributed by atoms with Gasteiger partial charge in [-0.1, -0.05) is 11.6 Å². The molecule has 1 aromatic heterocycles. The second-order valence-electron chi connectivity index (χ2n) is 8.97. The predicted octanol–water partition coefficient (Wildman–Crippen LogP) is 4.52. The molecular formula is C25H28ClN7O3. The summed E-state index contributed by atoms with van der Waals surface area (Å²) < 4.78 is 0. The second-order valence-corrected chi connectivity index (χ2v) is 9.41. The van der Waals surface area contributed by atoms with Gasteiger partial charge in [0.05, 0.1) is 11.3 Å². The van der Waals surface area contributed by atoms with E-state index in [-0.39, 0.29) is 22.7 Å². The Bertz CT molecular complexity index is 1260. The molecule has 3 aromatic rings. The monoisotopic (exact) mass is 509 g/mol. The normalized spacial score (nSPS) is 15.7. The zero-order chi connectivity index (χ0) is 25.1. The van der Waals surface area contributed by atoms with E-state index in [1.807, 2.05) is 0 Å². The molecule has 2 saturated heterocycles. The number of benzene rings is 2. The van der Waals surface area contributed by atoms with E-state index in [0.717, 1.165) is 51.9 Å². The molecule has 1 amide bonds. The lowest BCUT2D eigenvalue weighted by molar-refractivity contribution is 0.102. The van der Waals surface area contributed by atoms with E-state index >= 15 is 0 Å². The SMILES string of the molecule is O=C(Nc1ccc(Nc2nc(N3CCCCC3)nc(N3CCCC3)n2)cc1O)c1ccc(Cl)cc1O. The Morgan fingerprint density at radius 3 is 2.06 bits per heavy atom. The first-order valence-electron chi connectivity index (χ1n) is 12.1. The Hall–Kier alpha value is -3.79. The van der Waals surface area contributed by atoms with Crippen LogP contribution in [-0.2, 0) is 0 Å². The van der Waals surface area contributed by atoms with Gasteiger partial charge in [0.25, 0.3) is 5.91 Å². The summed E-state index contributed by atoms with van der Waals surface area (Å²) in [6, 6.07) is 8.96. The molecule has 2 fully saturated rings. The molecule has 188 valence electrons. The topological polar surface area (TPSA) is 127 Å². The fourth-order valence-electron chi connectivity index (χ4n) is 4.43. The molecule has 3 heterocycles. The van der Waals surface area contributed by atoms with Crippen molar-refractivity contribution < 1.29 is 15.0 Å². The van der Waals surface area contributed by atoms with Crippen LogP contribution in [0.15, 0.2) is 36.4 Å². The maximum absolute atomic E-state index is 12.5. The molecule has 0 bridgehead atoms. The number of hydrogen-bond donors (Lipinski definition) is 4. The molecule has 5 rings (SSSR count). The quantitative estimate of drug-likeness (QED) is 0.354. The average Bonchev–Trinajstić information content (AvgIpc) is 3.41. The first-order chi connectivity index (χ1) is 17.5. The number of phenolic OH excluding ortho intramolecular Hbond substituents is 2. The summed E-state index contributed by atoms with van der Waals surface area (Å²) >= 11 is 5.83. The number of aromatic hydroxyl groups is 2. The first kappa shape index (κ1) is 23.9. The van der Waals surface area contributed by atoms with Crippen LogP contribution in [0.5, 0.6) is 11.5 Å². The van der Waals surface area contributed by atoms with E-state index in [1.165, 1.54) is 30.7 Å². The second kappa shape index (κ2) is 10.4. The van der Waals surface area contributed by atoms with Crippen molar-refractivity contribution in [3.8, 4) is 11.5 Å². The number of anilines is 5. The molecule has 36 heavy (non-hydrogen) atoms. The smallest absolute Gasteiger partial charge is 0.259 e. The number of aromatic nitrogens is 3. The predicted molar refractivity (Wildman–Crippen MR) is 140 cm³/mol. The minimum absolute atomic E-state index is 0.0471. The third-order valence-electron chi connectivity index (χ3n) is 6.35. The highest BCUT2D eigenvalue weighted by atomic mass is 35.5. The van der Waals surface area contributed by atoms with Crippen molar-refractivity contribution >= 4 is 46.7 Å². The lowest BCUT2D eigenvalue weighted by Gasteiger charge is -2.27. The van der Waals surface area contributed by atoms with Crippen LogP contribution in [-0.4, -0.2) is 57.3 Å². The van der Waals surface area contributed by atoms with Gasteiger partial charge in [0.2, 0.25) is 17.8 Å². The Morgan fingerprint density at radius 2 is 1.44 bits per heavy atom. The Labute approximate surface area is 214 Å². The highest BCUT2D eigenvalue weighted by Crippen LogP contribution is 2.31. The van der Waals surface area contributed by atoms with Crippen LogP contribution in [0.3, 0.4) is 0 Å². The summed E-state index contributed by atoms with van der Waals surface area (Å²) in [6.07, 6.45) is 5.67. The van der Waals surface area contributed by atoms with Crippen molar-refractivity contribution in [2.75, 3.05) is 46.6 Å². The van der Waals surface area contributed by atoms with Crippen LogP contribution in [0.1, 0.15) is 42.5 Å². The maximum atomic E-state index is 12.5. The fourth-order valence-corrected chi connectivity index (χ4v) is 4.60. The van der Waals surface area contributed by atoms with E-state index in [1.54, 1.807) is 12.1 Å². The lowest BCUT2D eigenvalue weighted by Crippen LogP contribution is -2.32. The number of rotatable bonds is 6. The van der Waals surface area contributed by atoms with Gasteiger partial charge in [-0.15, -0.1) is 0 Å². The van der Waals surface area contributed by atoms with E-state index in [0.29, 0.717) is 28.6 Å². The van der Waals surface area contributed by atoms with Crippen molar-refractivity contribution in [3.05, 3.63) is 47.0 Å². The summed E-state index contributed by atoms with van der Waals surface area (Å²) in [4.78, 5) is 31.0. The fraction of sp³-hybridized carbons (Fsp3) is 0.360. The summed E-state index contributed by atoms with van der Waals surface area (Å²) in [5.74, 6) is 0.748. The van der Waals surface area contributed by atoms with Crippen LogP contribution in [0, 0.1) is 0 Å². The van der Waals surface area contributed by atoms with Gasteiger partial charge in [-0.2, -0.15) is 15.0 Å². The van der Waals surface area contributed by atoms with Gasteiger partial charge < -0.3 is 30.6 Å². The molecule has 2 aliphatic rings. The van der Waals surface area contributed by atoms with Gasteiger partial charge >= 0.3 is 0 Å². The minimum atomic E-state index is -0.570. The van der Waals surface area contributed by atoms with Crippen LogP contribution in [0.25, 0.3) is 0 Å². The van der Waals surface area contributed by atoms with E-state index in [9.17, 15) is 15.0 Å². The molecule has 2 aromatic carbocycles. The molecule has 0 spiro atoms. The highest BCUT2D eigenvalue weighted by molar-refractivity contribution is 6.31. The van der Waals surface area contributed by atoms with Gasteiger partial charge in [-0.3, -0.25) is 4.79 Å². The number of hydrogen-bond acceptors (Lipinski definition) is 9. The summed E-state index contributed by atoms with van der Waals surface area (Å²) in [6.45, 7) is 3.67. The van der Waals surface area contributed by atoms with Gasteiger partial charge in [0.15, 0.2) is 0 Å². The van der Waals surface area contributed by atoms with Gasteiger partial charge in [0.1, 0.15) is 11.5 Å². The van der Waals surface area contributed by atoms with Gasteiger partial charge in [-0.05, 0) is 62.4 Å². The molecule has 2 aliphatic heterocycles. The zero-order valence-electron chi connectivity index (χ0n) is 19.7. The van der Waals surface area contributed by atoms with Crippen LogP contribution >= 0.6 is 11.6 Å². The standard InChI is InChI=1S/C25H28ClN7O3/c26-16-6-8-18(20(34)14-16)22(36)28-19-9-7-17(15-21(19)35)27-23-29-24(32-10-2-1-3-11-32)31-25(30-23)33-12-4-5-13-33/h6-9,14-15,34-35H,1-5,10-13H2,(H,28,36)(H,27,29,30,31). The van der Waals surface area contributed by atoms with Crippen LogP contribution < -0.4 is 20.4 Å². The number of piperidine rings is 1. The number of phenols is 2. The molecule has 11 heteroatoms. The van der Waals surface area contributed by atoms with Crippen molar-refractivity contribution in [2.45, 2.75) is 32.1 Å². The largest absolute Gasteiger partial charge is 0.507 e. The number of nitrogens with one attached hydrogen (secondary N) is 2. The van der Waals surface area contributed by atoms with Gasteiger partial charge in [0, 0.05) is 43.0 Å². The van der Waals surface area contributed by atoms with Crippen molar-refractivity contribution in [1.29, 1.82) is 0 Å². The summed E-state index contributed by atoms with van der Waals surface area (Å²) in [5.41, 5.74) is 0.802. The van der Waals surface area contributed by atoms with Crippen molar-refractivity contribution in [3.63, 3.8) is 0 Å². The van der Waals surface area contributed by atoms with Crippen molar-refractivity contribution in [1.82, 2.24) is 15.0 Å². The summed E-state index contributed by atoms with van der Waals surface area (Å²) in [7, 11) is 0. The molecule has 10 nitrogen and oxygen atoms in total. The third kappa shape index (κ3) is 5.38. The van der Waals surface area contributed by atoms with E-state index < -0.39 is 5.91 Å². The molecule has 0 saturated carbocycles. The van der Waals surface area contributed by atoms with E-state index in [2.05, 4.69) is 30.4 Å². The Balaban J connectivity index is 1.35. The van der Waals surface area contributed by atoms with E-state index in [4.69, 9.17) is 16.6 Å². The molecule has 0 unspecified atom stereocenters. The Morgan fingerprint density at radius 1 is 0.806 bits per heavy atom. The maximum Gasteiger partial charge on any atom is 0.259 e. The number of nitrogens with zero attached hydrogens (tertiary/aromatic N) is 5. The molecule has 0 aliphatic carbocycles. The number of halogens is 1. The average molecular weight is 510 g/mol. The molecule has 0 radical (unpaired) electrons. The zero-order valence-corrected chi connectivity index (χ0v) is 20.5. The number of carbonyl (C=O) groups is 1. The first-order valence-corrected chi connectivity index (χ1v) is 12.5. The third-order valence-corrected chi connectivity index (χ3v) is 6.58. The van der Waals surface area contributed by atoms with Crippen molar-refractivity contribution in [2.24, 2.45) is 0 Å². The van der Waals surface area contributed by atoms with Crippen LogP contribution in [0.2, 0.25) is 5.02 Å². The van der Waals surface area contributed by atoms with Crippen LogP contribution in [0.4, 0.5) is 29.2 Å². The molecule has 0 atom stereocenters. The lowest BCUT2D eigenvalue weighted by atomic mass is 10.1.